The average molecular weight is 192 g/mol. The van der Waals surface area contributed by atoms with Gasteiger partial charge in [0.15, 0.2) is 0 Å². The molecule has 0 unspecified atom stereocenters. The summed E-state index contributed by atoms with van der Waals surface area (Å²) in [5.74, 6) is 0. The highest BCUT2D eigenvalue weighted by molar-refractivity contribution is 6.31. The first-order valence-corrected chi connectivity index (χ1v) is 4.71. The van der Waals surface area contributed by atoms with Crippen LogP contribution in [0, 0.1) is 13.5 Å². The topological polar surface area (TPSA) is 4.36 Å². The van der Waals surface area contributed by atoms with Crippen molar-refractivity contribution in [2.75, 3.05) is 0 Å². The standard InChI is InChI=1S/C11H10ClN/c1-8-3-4-9(7-10(8)12)11(13-2)5-6-11/h3-4,7H,5-6H2,1H3. The van der Waals surface area contributed by atoms with E-state index in [1.165, 1.54) is 0 Å². The first-order valence-electron chi connectivity index (χ1n) is 4.33. The molecule has 0 amide bonds. The number of nitrogens with zero attached hydrogens (tertiary/aromatic N) is 1. The predicted molar refractivity (Wildman–Crippen MR) is 53.7 cm³/mol. The van der Waals surface area contributed by atoms with E-state index >= 15 is 0 Å². The zero-order valence-electron chi connectivity index (χ0n) is 7.47. The molecule has 0 radical (unpaired) electrons. The third kappa shape index (κ3) is 1.32. The number of hydrogen-bond donors (Lipinski definition) is 0. The van der Waals surface area contributed by atoms with Crippen molar-refractivity contribution in [3.05, 3.63) is 45.8 Å². The van der Waals surface area contributed by atoms with Crippen LogP contribution in [0.4, 0.5) is 0 Å². The molecule has 0 heterocycles. The third-order valence-electron chi connectivity index (χ3n) is 2.65. The number of halogens is 1. The van der Waals surface area contributed by atoms with Crippen LogP contribution in [0.1, 0.15) is 24.0 Å². The molecule has 1 aromatic rings. The molecule has 0 N–H and O–H groups in total. The summed E-state index contributed by atoms with van der Waals surface area (Å²) in [5, 5.41) is 0.771. The molecule has 0 saturated heterocycles. The van der Waals surface area contributed by atoms with Gasteiger partial charge in [-0.3, -0.25) is 0 Å². The van der Waals surface area contributed by atoms with Crippen molar-refractivity contribution >= 4 is 11.6 Å². The van der Waals surface area contributed by atoms with Crippen LogP contribution in [-0.4, -0.2) is 0 Å². The van der Waals surface area contributed by atoms with Gasteiger partial charge in [-0.15, -0.1) is 0 Å². The van der Waals surface area contributed by atoms with Gasteiger partial charge in [0.05, 0.1) is 0 Å². The minimum Gasteiger partial charge on any atom is -0.305 e. The molecule has 2 rings (SSSR count). The highest BCUT2D eigenvalue weighted by Crippen LogP contribution is 2.50. The Bertz CT molecular complexity index is 386. The Labute approximate surface area is 83.2 Å². The normalized spacial score (nSPS) is 17.9. The van der Waals surface area contributed by atoms with E-state index in [0.29, 0.717) is 0 Å². The minimum absolute atomic E-state index is 0.225. The fourth-order valence-electron chi connectivity index (χ4n) is 1.47. The van der Waals surface area contributed by atoms with Crippen molar-refractivity contribution < 1.29 is 0 Å². The number of aryl methyl sites for hydroxylation is 1. The third-order valence-corrected chi connectivity index (χ3v) is 3.05. The summed E-state index contributed by atoms with van der Waals surface area (Å²) in [6.45, 7) is 9.09. The minimum atomic E-state index is -0.225. The van der Waals surface area contributed by atoms with E-state index in [1.807, 2.05) is 25.1 Å². The van der Waals surface area contributed by atoms with Gasteiger partial charge in [-0.1, -0.05) is 23.7 Å². The molecule has 0 atom stereocenters. The Morgan fingerprint density at radius 3 is 2.62 bits per heavy atom. The van der Waals surface area contributed by atoms with Gasteiger partial charge in [0.1, 0.15) is 0 Å². The van der Waals surface area contributed by atoms with Crippen molar-refractivity contribution in [2.24, 2.45) is 0 Å². The molecule has 0 spiro atoms. The van der Waals surface area contributed by atoms with Crippen LogP contribution in [0.5, 0.6) is 0 Å². The molecule has 66 valence electrons. The predicted octanol–water partition coefficient (Wildman–Crippen LogP) is 3.56. The van der Waals surface area contributed by atoms with Crippen molar-refractivity contribution in [2.45, 2.75) is 25.3 Å². The SMILES string of the molecule is [C-]#[N+]C1(c2ccc(C)c(Cl)c2)CC1. The van der Waals surface area contributed by atoms with Crippen molar-refractivity contribution in [3.8, 4) is 0 Å². The molecule has 1 saturated carbocycles. The first kappa shape index (κ1) is 8.59. The molecule has 13 heavy (non-hydrogen) atoms. The number of hydrogen-bond acceptors (Lipinski definition) is 0. The second-order valence-corrected chi connectivity index (χ2v) is 4.01. The van der Waals surface area contributed by atoms with Gasteiger partial charge >= 0.3 is 0 Å². The Kier molecular flexibility index (Phi) is 1.82. The zero-order chi connectivity index (χ0) is 9.47. The molecule has 1 aliphatic carbocycles. The quantitative estimate of drug-likeness (QED) is 0.598. The summed E-state index contributed by atoms with van der Waals surface area (Å²) < 4.78 is 0. The lowest BCUT2D eigenvalue weighted by atomic mass is 10.0. The van der Waals surface area contributed by atoms with Crippen LogP contribution < -0.4 is 0 Å². The largest absolute Gasteiger partial charge is 0.305 e. The van der Waals surface area contributed by atoms with Crippen LogP contribution in [0.3, 0.4) is 0 Å². The van der Waals surface area contributed by atoms with E-state index in [0.717, 1.165) is 29.0 Å². The Balaban J connectivity index is 2.44. The molecular weight excluding hydrogens is 182 g/mol. The lowest BCUT2D eigenvalue weighted by molar-refractivity contribution is 0.883. The van der Waals surface area contributed by atoms with Gasteiger partial charge in [-0.2, -0.15) is 0 Å². The van der Waals surface area contributed by atoms with Crippen LogP contribution in [0.15, 0.2) is 18.2 Å². The van der Waals surface area contributed by atoms with Gasteiger partial charge in [0.25, 0.3) is 5.54 Å². The van der Waals surface area contributed by atoms with Crippen LogP contribution in [0.25, 0.3) is 4.85 Å². The number of benzene rings is 1. The van der Waals surface area contributed by atoms with E-state index in [4.69, 9.17) is 18.2 Å². The van der Waals surface area contributed by atoms with Gasteiger partial charge < -0.3 is 4.85 Å². The van der Waals surface area contributed by atoms with Gasteiger partial charge in [0, 0.05) is 23.4 Å². The number of rotatable bonds is 1. The first-order chi connectivity index (χ1) is 6.18. The highest BCUT2D eigenvalue weighted by Gasteiger charge is 2.52. The molecule has 0 bridgehead atoms. The van der Waals surface area contributed by atoms with E-state index in [9.17, 15) is 0 Å². The van der Waals surface area contributed by atoms with Crippen molar-refractivity contribution in [3.63, 3.8) is 0 Å². The smallest absolute Gasteiger partial charge is 0.258 e. The average Bonchev–Trinajstić information content (AvgIpc) is 2.90. The zero-order valence-corrected chi connectivity index (χ0v) is 8.23. The second kappa shape index (κ2) is 2.75. The summed E-state index contributed by atoms with van der Waals surface area (Å²) in [7, 11) is 0. The summed E-state index contributed by atoms with van der Waals surface area (Å²) in [6, 6.07) is 5.94. The van der Waals surface area contributed by atoms with E-state index in [-0.39, 0.29) is 5.54 Å². The fourth-order valence-corrected chi connectivity index (χ4v) is 1.65. The maximum atomic E-state index is 7.11. The lowest BCUT2D eigenvalue weighted by Crippen LogP contribution is -1.99. The maximum absolute atomic E-state index is 7.11. The summed E-state index contributed by atoms with van der Waals surface area (Å²) in [6.07, 6.45) is 1.96. The highest BCUT2D eigenvalue weighted by atomic mass is 35.5. The lowest BCUT2D eigenvalue weighted by Gasteiger charge is -2.04. The molecule has 0 aromatic heterocycles. The van der Waals surface area contributed by atoms with E-state index in [1.54, 1.807) is 0 Å². The van der Waals surface area contributed by atoms with Crippen LogP contribution in [0.2, 0.25) is 5.02 Å². The van der Waals surface area contributed by atoms with Crippen LogP contribution >= 0.6 is 11.6 Å². The van der Waals surface area contributed by atoms with E-state index < -0.39 is 0 Å². The molecular formula is C11H10ClN. The van der Waals surface area contributed by atoms with Gasteiger partial charge in [0.2, 0.25) is 0 Å². The second-order valence-electron chi connectivity index (χ2n) is 3.61. The molecule has 2 heteroatoms. The van der Waals surface area contributed by atoms with Crippen molar-refractivity contribution in [1.29, 1.82) is 0 Å². The molecule has 1 nitrogen and oxygen atoms in total. The summed E-state index contributed by atoms with van der Waals surface area (Å²) in [5.41, 5.74) is 1.93. The van der Waals surface area contributed by atoms with E-state index in [2.05, 4.69) is 4.85 Å². The Morgan fingerprint density at radius 2 is 2.15 bits per heavy atom. The maximum Gasteiger partial charge on any atom is 0.258 e. The molecule has 0 aliphatic heterocycles. The molecule has 1 aliphatic rings. The van der Waals surface area contributed by atoms with Crippen LogP contribution in [-0.2, 0) is 5.54 Å². The summed E-state index contributed by atoms with van der Waals surface area (Å²) in [4.78, 5) is 3.66. The van der Waals surface area contributed by atoms with Crippen molar-refractivity contribution in [1.82, 2.24) is 0 Å². The van der Waals surface area contributed by atoms with Gasteiger partial charge in [-0.05, 0) is 18.6 Å². The fraction of sp³-hybridized carbons (Fsp3) is 0.364. The van der Waals surface area contributed by atoms with Gasteiger partial charge in [-0.25, -0.2) is 6.57 Å². The molecule has 1 fully saturated rings. The monoisotopic (exact) mass is 191 g/mol. The Morgan fingerprint density at radius 1 is 1.46 bits per heavy atom. The summed E-state index contributed by atoms with van der Waals surface area (Å²) >= 11 is 6.00. The Hall–Kier alpha value is -1.00. The molecule has 1 aromatic carbocycles.